The second-order valence-electron chi connectivity index (χ2n) is 9.04. The summed E-state index contributed by atoms with van der Waals surface area (Å²) < 4.78 is 0.790. The normalized spacial score (nSPS) is 18.6. The second-order valence-corrected chi connectivity index (χ2v) is 9.48. The van der Waals surface area contributed by atoms with Crippen LogP contribution in [0.4, 0.5) is 10.5 Å². The number of urea groups is 1. The van der Waals surface area contributed by atoms with E-state index in [1.807, 2.05) is 6.07 Å². The van der Waals surface area contributed by atoms with E-state index in [9.17, 15) is 9.59 Å². The van der Waals surface area contributed by atoms with Gasteiger partial charge in [-0.25, -0.2) is 4.79 Å². The molecule has 0 spiro atoms. The van der Waals surface area contributed by atoms with E-state index in [1.165, 1.54) is 16.5 Å². The average Bonchev–Trinajstić information content (AvgIpc) is 3.07. The molecule has 1 aliphatic rings. The van der Waals surface area contributed by atoms with Gasteiger partial charge >= 0.3 is 6.03 Å². The molecule has 1 heterocycles. The van der Waals surface area contributed by atoms with Crippen molar-refractivity contribution in [1.29, 1.82) is 0 Å². The van der Waals surface area contributed by atoms with Crippen LogP contribution in [0, 0.1) is 0 Å². The Morgan fingerprint density at radius 2 is 1.66 bits per heavy atom. The van der Waals surface area contributed by atoms with Crippen molar-refractivity contribution < 1.29 is 9.59 Å². The number of quaternary nitrogens is 1. The summed E-state index contributed by atoms with van der Waals surface area (Å²) in [6, 6.07) is 21.7. The molecule has 32 heavy (non-hydrogen) atoms. The first-order valence-corrected chi connectivity index (χ1v) is 11.4. The van der Waals surface area contributed by atoms with Crippen molar-refractivity contribution >= 4 is 40.0 Å². The van der Waals surface area contributed by atoms with Gasteiger partial charge in [0, 0.05) is 10.4 Å². The summed E-state index contributed by atoms with van der Waals surface area (Å²) >= 11 is 6.16. The number of carbonyl (C=O) groups excluding carboxylic acids is 2. The fourth-order valence-corrected chi connectivity index (χ4v) is 4.89. The number of rotatable bonds is 8. The van der Waals surface area contributed by atoms with Crippen LogP contribution in [-0.4, -0.2) is 32.6 Å². The zero-order chi connectivity index (χ0) is 22.8. The Morgan fingerprint density at radius 3 is 2.41 bits per heavy atom. The third-order valence-corrected chi connectivity index (χ3v) is 6.68. The molecule has 1 fully saturated rings. The number of hydrogen-bond acceptors (Lipinski definition) is 2. The molecule has 3 aromatic rings. The number of nitrogens with one attached hydrogen (secondary N) is 2. The number of amides is 3. The van der Waals surface area contributed by atoms with Crippen LogP contribution in [0.5, 0.6) is 0 Å². The summed E-state index contributed by atoms with van der Waals surface area (Å²) in [5, 5.41) is 8.33. The van der Waals surface area contributed by atoms with Gasteiger partial charge in [0.1, 0.15) is 11.2 Å². The van der Waals surface area contributed by atoms with Crippen molar-refractivity contribution in [3.8, 4) is 0 Å². The minimum Gasteiger partial charge on any atom is -0.319 e. The number of fused-ring (bicyclic) bond motifs is 1. The average molecular weight is 451 g/mol. The molecule has 3 aromatic carbocycles. The molecule has 1 atom stereocenters. The first-order valence-electron chi connectivity index (χ1n) is 11.0. The molecular formula is C26H29ClN3O2+. The van der Waals surface area contributed by atoms with Crippen LogP contribution >= 0.6 is 11.6 Å². The molecule has 0 radical (unpaired) electrons. The van der Waals surface area contributed by atoms with Gasteiger partial charge in [-0.3, -0.25) is 14.6 Å². The van der Waals surface area contributed by atoms with Gasteiger partial charge in [0.2, 0.25) is 0 Å². The van der Waals surface area contributed by atoms with E-state index in [0.29, 0.717) is 11.4 Å². The monoisotopic (exact) mass is 450 g/mol. The van der Waals surface area contributed by atoms with E-state index in [2.05, 4.69) is 67.2 Å². The SMILES string of the molecule is C[N+](C)(CCCCCC1(c2cccc(Cl)c2)NC(=O)NC1=O)c1cccc2ccccc12. The summed E-state index contributed by atoms with van der Waals surface area (Å²) in [6.45, 7) is 0.983. The zero-order valence-electron chi connectivity index (χ0n) is 18.5. The lowest BCUT2D eigenvalue weighted by Crippen LogP contribution is -2.44. The molecular weight excluding hydrogens is 422 g/mol. The van der Waals surface area contributed by atoms with E-state index in [1.54, 1.807) is 18.2 Å². The molecule has 0 bridgehead atoms. The van der Waals surface area contributed by atoms with E-state index in [-0.39, 0.29) is 5.91 Å². The lowest BCUT2D eigenvalue weighted by atomic mass is 9.84. The van der Waals surface area contributed by atoms with Gasteiger partial charge in [-0.2, -0.15) is 0 Å². The van der Waals surface area contributed by atoms with Crippen LogP contribution < -0.4 is 15.1 Å². The van der Waals surface area contributed by atoms with Crippen LogP contribution in [0.2, 0.25) is 5.02 Å². The van der Waals surface area contributed by atoms with Crippen LogP contribution in [0.15, 0.2) is 66.7 Å². The van der Waals surface area contributed by atoms with Crippen LogP contribution in [0.1, 0.15) is 31.2 Å². The number of unbranched alkanes of at least 4 members (excludes halogenated alkanes) is 2. The standard InChI is InChI=1S/C26H28ClN3O2/c1-30(2,23-15-8-11-19-10-4-5-14-22(19)23)17-7-3-6-16-26(24(31)28-25(32)29-26)20-12-9-13-21(27)18-20/h4-5,8-15,18H,3,6-7,16-17H2,1-2H3,(H-,28,29,31,32)/p+1. The Labute approximate surface area is 194 Å². The summed E-state index contributed by atoms with van der Waals surface area (Å²) in [6.07, 6.45) is 3.32. The topological polar surface area (TPSA) is 58.2 Å². The maximum atomic E-state index is 12.7. The van der Waals surface area contributed by atoms with Gasteiger partial charge < -0.3 is 5.32 Å². The number of carbonyl (C=O) groups is 2. The third kappa shape index (κ3) is 4.36. The third-order valence-electron chi connectivity index (χ3n) is 6.45. The van der Waals surface area contributed by atoms with Crippen LogP contribution in [0.25, 0.3) is 10.8 Å². The Balaban J connectivity index is 1.41. The molecule has 0 saturated carbocycles. The second kappa shape index (κ2) is 8.93. The van der Waals surface area contributed by atoms with E-state index in [4.69, 9.17) is 11.6 Å². The van der Waals surface area contributed by atoms with Gasteiger partial charge in [0.05, 0.1) is 20.6 Å². The Bertz CT molecular complexity index is 1160. The van der Waals surface area contributed by atoms with Crippen LogP contribution in [-0.2, 0) is 10.3 Å². The summed E-state index contributed by atoms with van der Waals surface area (Å²) in [5.74, 6) is -0.309. The molecule has 0 aromatic heterocycles. The highest BCUT2D eigenvalue weighted by atomic mass is 35.5. The Morgan fingerprint density at radius 1 is 0.906 bits per heavy atom. The highest BCUT2D eigenvalue weighted by Crippen LogP contribution is 2.33. The quantitative estimate of drug-likeness (QED) is 0.276. The molecule has 1 saturated heterocycles. The number of benzene rings is 3. The lowest BCUT2D eigenvalue weighted by Gasteiger charge is -2.31. The fourth-order valence-electron chi connectivity index (χ4n) is 4.70. The summed E-state index contributed by atoms with van der Waals surface area (Å²) in [7, 11) is 4.47. The maximum Gasteiger partial charge on any atom is 0.322 e. The maximum absolute atomic E-state index is 12.7. The van der Waals surface area contributed by atoms with Crippen molar-refractivity contribution in [1.82, 2.24) is 15.1 Å². The van der Waals surface area contributed by atoms with Gasteiger partial charge in [-0.1, -0.05) is 54.1 Å². The van der Waals surface area contributed by atoms with E-state index < -0.39 is 11.6 Å². The largest absolute Gasteiger partial charge is 0.322 e. The van der Waals surface area contributed by atoms with Crippen molar-refractivity contribution in [2.24, 2.45) is 0 Å². The van der Waals surface area contributed by atoms with Crippen molar-refractivity contribution in [3.05, 3.63) is 77.3 Å². The molecule has 2 N–H and O–H groups in total. The smallest absolute Gasteiger partial charge is 0.319 e. The van der Waals surface area contributed by atoms with Gasteiger partial charge in [-0.05, 0) is 60.9 Å². The number of hydrogen-bond donors (Lipinski definition) is 2. The highest BCUT2D eigenvalue weighted by molar-refractivity contribution is 6.30. The summed E-state index contributed by atoms with van der Waals surface area (Å²) in [5.41, 5.74) is 0.975. The van der Waals surface area contributed by atoms with Crippen molar-refractivity contribution in [2.75, 3.05) is 20.6 Å². The van der Waals surface area contributed by atoms with Gasteiger partial charge in [0.15, 0.2) is 0 Å². The van der Waals surface area contributed by atoms with Gasteiger partial charge in [0.25, 0.3) is 5.91 Å². The molecule has 1 aliphatic heterocycles. The molecule has 0 aliphatic carbocycles. The fraction of sp³-hybridized carbons (Fsp3) is 0.308. The molecule has 3 amide bonds. The highest BCUT2D eigenvalue weighted by Gasteiger charge is 2.47. The van der Waals surface area contributed by atoms with Gasteiger partial charge in [-0.15, -0.1) is 0 Å². The Kier molecular flexibility index (Phi) is 6.22. The predicted molar refractivity (Wildman–Crippen MR) is 131 cm³/mol. The first-order chi connectivity index (χ1) is 15.3. The molecule has 6 heteroatoms. The van der Waals surface area contributed by atoms with E-state index >= 15 is 0 Å². The van der Waals surface area contributed by atoms with Crippen molar-refractivity contribution in [2.45, 2.75) is 31.2 Å². The minimum atomic E-state index is -1.05. The molecule has 4 rings (SSSR count). The van der Waals surface area contributed by atoms with Crippen molar-refractivity contribution in [3.63, 3.8) is 0 Å². The molecule has 166 valence electrons. The number of imide groups is 1. The molecule has 5 nitrogen and oxygen atoms in total. The molecule has 1 unspecified atom stereocenters. The van der Waals surface area contributed by atoms with E-state index in [0.717, 1.165) is 35.9 Å². The Hall–Kier alpha value is -2.89. The zero-order valence-corrected chi connectivity index (χ0v) is 19.3. The number of nitrogens with zero attached hydrogens (tertiary/aromatic N) is 1. The lowest BCUT2D eigenvalue weighted by molar-refractivity contribution is -0.124. The number of halogens is 1. The predicted octanol–water partition coefficient (Wildman–Crippen LogP) is 5.36. The minimum absolute atomic E-state index is 0.309. The summed E-state index contributed by atoms with van der Waals surface area (Å²) in [4.78, 5) is 24.6. The van der Waals surface area contributed by atoms with Crippen LogP contribution in [0.3, 0.4) is 0 Å². The first kappa shape index (κ1) is 22.3.